The van der Waals surface area contributed by atoms with Gasteiger partial charge in [-0.3, -0.25) is 4.90 Å². The molecule has 3 aromatic carbocycles. The van der Waals surface area contributed by atoms with Crippen molar-refractivity contribution in [1.82, 2.24) is 5.32 Å². The summed E-state index contributed by atoms with van der Waals surface area (Å²) in [6.07, 6.45) is 2.15. The Bertz CT molecular complexity index is 1160. The third kappa shape index (κ3) is 3.41. The molecule has 152 valence electrons. The molecule has 30 heavy (non-hydrogen) atoms. The Labute approximate surface area is 189 Å². The number of urea groups is 1. The quantitative estimate of drug-likeness (QED) is 0.408. The number of nitrogens with one attached hydrogen (secondary N) is 1. The molecule has 4 rings (SSSR count). The molecule has 0 aliphatic carbocycles. The van der Waals surface area contributed by atoms with Crippen LogP contribution < -0.4 is 10.2 Å². The first kappa shape index (κ1) is 20.6. The number of anilines is 2. The van der Waals surface area contributed by atoms with Gasteiger partial charge in [0, 0.05) is 34.3 Å². The molecule has 1 aliphatic heterocycles. The van der Waals surface area contributed by atoms with Crippen LogP contribution in [0.3, 0.4) is 0 Å². The van der Waals surface area contributed by atoms with Gasteiger partial charge >= 0.3 is 6.03 Å². The van der Waals surface area contributed by atoms with E-state index < -0.39 is 6.03 Å². The molecule has 7 heteroatoms. The zero-order valence-electron chi connectivity index (χ0n) is 15.8. The van der Waals surface area contributed by atoms with Crippen LogP contribution >= 0.6 is 34.8 Å². The Balaban J connectivity index is 2.06. The molecule has 0 fully saturated rings. The van der Waals surface area contributed by atoms with Gasteiger partial charge in [0.1, 0.15) is 5.75 Å². The average molecular weight is 460 g/mol. The van der Waals surface area contributed by atoms with E-state index >= 15 is 0 Å². The van der Waals surface area contributed by atoms with Crippen LogP contribution in [0.5, 0.6) is 5.75 Å². The van der Waals surface area contributed by atoms with Gasteiger partial charge in [0.15, 0.2) is 0 Å². The van der Waals surface area contributed by atoms with E-state index in [0.717, 1.165) is 16.7 Å². The van der Waals surface area contributed by atoms with Crippen molar-refractivity contribution in [3.05, 3.63) is 87.4 Å². The number of phenolic OH excluding ortho intramolecular Hbond substituents is 1. The van der Waals surface area contributed by atoms with Crippen LogP contribution in [-0.2, 0) is 13.0 Å². The van der Waals surface area contributed by atoms with Gasteiger partial charge in [-0.2, -0.15) is 0 Å². The minimum absolute atomic E-state index is 0.0337. The Morgan fingerprint density at radius 3 is 2.40 bits per heavy atom. The molecule has 1 heterocycles. The number of amides is 2. The molecule has 0 aromatic heterocycles. The van der Waals surface area contributed by atoms with Crippen LogP contribution in [0.4, 0.5) is 16.2 Å². The summed E-state index contributed by atoms with van der Waals surface area (Å²) in [5.74, 6) is 0.0337. The van der Waals surface area contributed by atoms with Crippen molar-refractivity contribution in [3.63, 3.8) is 0 Å². The lowest BCUT2D eigenvalue weighted by Crippen LogP contribution is -2.41. The predicted molar refractivity (Wildman–Crippen MR) is 123 cm³/mol. The minimum Gasteiger partial charge on any atom is -0.508 e. The van der Waals surface area contributed by atoms with Crippen LogP contribution in [0, 0.1) is 0 Å². The lowest BCUT2D eigenvalue weighted by molar-refractivity contribution is 0.247. The highest BCUT2D eigenvalue weighted by molar-refractivity contribution is 6.40. The molecule has 0 atom stereocenters. The largest absolute Gasteiger partial charge is 0.508 e. The van der Waals surface area contributed by atoms with Crippen molar-refractivity contribution < 1.29 is 9.90 Å². The Morgan fingerprint density at radius 1 is 1.07 bits per heavy atom. The van der Waals surface area contributed by atoms with E-state index in [2.05, 4.69) is 11.9 Å². The lowest BCUT2D eigenvalue weighted by Gasteiger charge is -2.33. The monoisotopic (exact) mass is 458 g/mol. The van der Waals surface area contributed by atoms with Gasteiger partial charge in [-0.1, -0.05) is 65.1 Å². The highest BCUT2D eigenvalue weighted by atomic mass is 35.5. The number of benzene rings is 3. The van der Waals surface area contributed by atoms with E-state index in [1.165, 1.54) is 4.90 Å². The number of carbonyl (C=O) groups is 1. The van der Waals surface area contributed by atoms with Crippen molar-refractivity contribution in [2.75, 3.05) is 4.90 Å². The number of halogens is 3. The van der Waals surface area contributed by atoms with Gasteiger partial charge in [0.2, 0.25) is 0 Å². The molecule has 0 saturated carbocycles. The van der Waals surface area contributed by atoms with Crippen molar-refractivity contribution in [1.29, 1.82) is 0 Å². The summed E-state index contributed by atoms with van der Waals surface area (Å²) < 4.78 is 0. The van der Waals surface area contributed by atoms with E-state index in [1.807, 2.05) is 18.2 Å². The van der Waals surface area contributed by atoms with Crippen LogP contribution in [0.2, 0.25) is 15.1 Å². The number of para-hydroxylation sites is 1. The smallest absolute Gasteiger partial charge is 0.326 e. The second-order valence-corrected chi connectivity index (χ2v) is 8.01. The highest BCUT2D eigenvalue weighted by Crippen LogP contribution is 2.47. The number of hydrogen-bond donors (Lipinski definition) is 2. The topological polar surface area (TPSA) is 52.6 Å². The summed E-state index contributed by atoms with van der Waals surface area (Å²) in [5.41, 5.74) is 3.83. The van der Waals surface area contributed by atoms with Crippen molar-refractivity contribution in [2.45, 2.75) is 13.0 Å². The maximum atomic E-state index is 12.9. The Morgan fingerprint density at radius 2 is 1.73 bits per heavy atom. The van der Waals surface area contributed by atoms with E-state index in [1.54, 1.807) is 36.4 Å². The maximum Gasteiger partial charge on any atom is 0.326 e. The number of carbonyl (C=O) groups excluding carboxylic acids is 1. The maximum absolute atomic E-state index is 12.9. The van der Waals surface area contributed by atoms with E-state index in [-0.39, 0.29) is 12.3 Å². The molecule has 2 N–H and O–H groups in total. The first-order chi connectivity index (χ1) is 14.4. The molecule has 0 bridgehead atoms. The average Bonchev–Trinajstić information content (AvgIpc) is 2.71. The summed E-state index contributed by atoms with van der Waals surface area (Å²) in [6, 6.07) is 13.6. The second kappa shape index (κ2) is 8.23. The summed E-state index contributed by atoms with van der Waals surface area (Å²) in [4.78, 5) is 14.3. The molecular formula is C23H17Cl3N2O2. The summed E-state index contributed by atoms with van der Waals surface area (Å²) in [5, 5.41) is 15.0. The van der Waals surface area contributed by atoms with Crippen molar-refractivity contribution >= 4 is 52.2 Å². The number of aromatic hydroxyl groups is 1. The van der Waals surface area contributed by atoms with E-state index in [4.69, 9.17) is 34.8 Å². The van der Waals surface area contributed by atoms with Crippen LogP contribution in [0.15, 0.2) is 61.2 Å². The molecule has 1 aliphatic rings. The van der Waals surface area contributed by atoms with Gasteiger partial charge in [-0.15, -0.1) is 6.58 Å². The van der Waals surface area contributed by atoms with Crippen molar-refractivity contribution in [2.24, 2.45) is 0 Å². The normalized spacial score (nSPS) is 13.0. The molecule has 0 saturated heterocycles. The fourth-order valence-electron chi connectivity index (χ4n) is 3.74. The zero-order valence-corrected chi connectivity index (χ0v) is 18.0. The van der Waals surface area contributed by atoms with Crippen molar-refractivity contribution in [3.8, 4) is 16.9 Å². The molecular weight excluding hydrogens is 443 g/mol. The molecule has 4 nitrogen and oxygen atoms in total. The minimum atomic E-state index is -0.390. The van der Waals surface area contributed by atoms with E-state index in [9.17, 15) is 9.90 Å². The zero-order chi connectivity index (χ0) is 21.4. The third-order valence-corrected chi connectivity index (χ3v) is 5.95. The summed E-state index contributed by atoms with van der Waals surface area (Å²) >= 11 is 19.3. The van der Waals surface area contributed by atoms with Crippen LogP contribution in [0.25, 0.3) is 11.1 Å². The highest BCUT2D eigenvalue weighted by Gasteiger charge is 2.32. The first-order valence-corrected chi connectivity index (χ1v) is 10.3. The Kier molecular flexibility index (Phi) is 5.65. The first-order valence-electron chi connectivity index (χ1n) is 9.19. The molecule has 0 radical (unpaired) electrons. The van der Waals surface area contributed by atoms with Gasteiger partial charge in [0.05, 0.1) is 21.4 Å². The van der Waals surface area contributed by atoms with E-state index in [0.29, 0.717) is 38.4 Å². The van der Waals surface area contributed by atoms with Crippen LogP contribution in [-0.4, -0.2) is 11.1 Å². The SMILES string of the molecule is C=CCc1c(O)cc2c(c1-c1ccccc1Cl)CNC(=O)N2c1c(Cl)cccc1Cl. The number of fused-ring (bicyclic) bond motifs is 1. The summed E-state index contributed by atoms with van der Waals surface area (Å²) in [7, 11) is 0. The molecule has 0 spiro atoms. The molecule has 2 amide bonds. The van der Waals surface area contributed by atoms with Gasteiger partial charge in [-0.25, -0.2) is 4.79 Å². The predicted octanol–water partition coefficient (Wildman–Crippen LogP) is 7.11. The fourth-order valence-corrected chi connectivity index (χ4v) is 4.53. The summed E-state index contributed by atoms with van der Waals surface area (Å²) in [6.45, 7) is 4.07. The second-order valence-electron chi connectivity index (χ2n) is 6.78. The number of phenols is 1. The number of rotatable bonds is 4. The lowest BCUT2D eigenvalue weighted by atomic mass is 9.89. The number of allylic oxidation sites excluding steroid dienone is 1. The molecule has 3 aromatic rings. The Hall–Kier alpha value is -2.66. The van der Waals surface area contributed by atoms with Gasteiger partial charge < -0.3 is 10.4 Å². The molecule has 0 unspecified atom stereocenters. The van der Waals surface area contributed by atoms with Crippen LogP contribution in [0.1, 0.15) is 11.1 Å². The van der Waals surface area contributed by atoms with Gasteiger partial charge in [-0.05, 0) is 30.2 Å². The third-order valence-electron chi connectivity index (χ3n) is 5.01. The number of hydrogen-bond acceptors (Lipinski definition) is 2. The number of nitrogens with zero attached hydrogens (tertiary/aromatic N) is 1. The van der Waals surface area contributed by atoms with Gasteiger partial charge in [0.25, 0.3) is 0 Å². The standard InChI is InChI=1S/C23H17Cl3N2O2/c1-2-6-14-20(29)11-19-15(21(14)13-7-3-4-8-16(13)24)12-27-23(30)28(19)22-17(25)9-5-10-18(22)26/h2-5,7-11,29H,1,6,12H2,(H,27,30). The fraction of sp³-hybridized carbons (Fsp3) is 0.0870.